The summed E-state index contributed by atoms with van der Waals surface area (Å²) in [6, 6.07) is 9.76. The summed E-state index contributed by atoms with van der Waals surface area (Å²) < 4.78 is 0.827. The van der Waals surface area contributed by atoms with Crippen molar-refractivity contribution in [2.24, 2.45) is 0 Å². The monoisotopic (exact) mass is 345 g/mol. The molecule has 0 radical (unpaired) electrons. The molecule has 1 aromatic heterocycles. The van der Waals surface area contributed by atoms with Crippen LogP contribution in [0.25, 0.3) is 0 Å². The van der Waals surface area contributed by atoms with Crippen LogP contribution >= 0.6 is 15.9 Å². The van der Waals surface area contributed by atoms with E-state index < -0.39 is 0 Å². The molecule has 1 atom stereocenters. The highest BCUT2D eigenvalue weighted by Gasteiger charge is 2.51. The number of amides is 1. The van der Waals surface area contributed by atoms with Crippen molar-refractivity contribution in [2.75, 3.05) is 0 Å². The molecular formula is C16H16BrN3O. The lowest BCUT2D eigenvalue weighted by atomic mass is 9.95. The molecule has 2 aromatic rings. The van der Waals surface area contributed by atoms with Crippen LogP contribution in [0.3, 0.4) is 0 Å². The van der Waals surface area contributed by atoms with E-state index in [-0.39, 0.29) is 17.4 Å². The highest BCUT2D eigenvalue weighted by Crippen LogP contribution is 2.48. The summed E-state index contributed by atoms with van der Waals surface area (Å²) in [5.74, 6) is 0.683. The van der Waals surface area contributed by atoms with Crippen molar-refractivity contribution in [3.63, 3.8) is 0 Å². The molecule has 1 fully saturated rings. The van der Waals surface area contributed by atoms with Gasteiger partial charge in [-0.1, -0.05) is 30.3 Å². The first-order chi connectivity index (χ1) is 10.1. The molecule has 4 nitrogen and oxygen atoms in total. The summed E-state index contributed by atoms with van der Waals surface area (Å²) in [5.41, 5.74) is 0.733. The second-order valence-electron chi connectivity index (χ2n) is 5.40. The van der Waals surface area contributed by atoms with Crippen molar-refractivity contribution in [1.29, 1.82) is 0 Å². The minimum atomic E-state index is -0.356. The summed E-state index contributed by atoms with van der Waals surface area (Å²) in [5, 5.41) is 3.04. The molecule has 1 N–H and O–H groups in total. The molecule has 0 saturated heterocycles. The smallest absolute Gasteiger partial charge is 0.231 e. The van der Waals surface area contributed by atoms with Gasteiger partial charge in [-0.3, -0.25) is 4.79 Å². The Morgan fingerprint density at radius 2 is 1.86 bits per heavy atom. The van der Waals surface area contributed by atoms with E-state index in [1.54, 1.807) is 12.4 Å². The van der Waals surface area contributed by atoms with Crippen LogP contribution in [0, 0.1) is 0 Å². The third-order valence-corrected chi connectivity index (χ3v) is 4.30. The van der Waals surface area contributed by atoms with E-state index in [0.29, 0.717) is 5.82 Å². The quantitative estimate of drug-likeness (QED) is 0.925. The lowest BCUT2D eigenvalue weighted by Gasteiger charge is -2.19. The number of carbonyl (C=O) groups is 1. The van der Waals surface area contributed by atoms with E-state index in [9.17, 15) is 4.79 Å². The molecule has 0 unspecified atom stereocenters. The maximum Gasteiger partial charge on any atom is 0.231 e. The van der Waals surface area contributed by atoms with Crippen molar-refractivity contribution in [3.05, 3.63) is 58.6 Å². The predicted octanol–water partition coefficient (Wildman–Crippen LogP) is 3.15. The first-order valence-corrected chi connectivity index (χ1v) is 7.75. The predicted molar refractivity (Wildman–Crippen MR) is 83.6 cm³/mol. The Balaban J connectivity index is 1.73. The molecule has 1 aliphatic rings. The number of nitrogens with one attached hydrogen (secondary N) is 1. The van der Waals surface area contributed by atoms with Gasteiger partial charge in [-0.2, -0.15) is 0 Å². The Morgan fingerprint density at radius 3 is 2.43 bits per heavy atom. The van der Waals surface area contributed by atoms with Crippen molar-refractivity contribution >= 4 is 21.8 Å². The third-order valence-electron chi connectivity index (χ3n) is 3.89. The first-order valence-electron chi connectivity index (χ1n) is 6.96. The zero-order valence-corrected chi connectivity index (χ0v) is 13.3. The summed E-state index contributed by atoms with van der Waals surface area (Å²) in [7, 11) is 0. The molecule has 1 aliphatic carbocycles. The van der Waals surface area contributed by atoms with Gasteiger partial charge in [0, 0.05) is 12.4 Å². The molecule has 0 bridgehead atoms. The Morgan fingerprint density at radius 1 is 1.24 bits per heavy atom. The van der Waals surface area contributed by atoms with Crippen LogP contribution < -0.4 is 5.32 Å². The summed E-state index contributed by atoms with van der Waals surface area (Å²) in [4.78, 5) is 21.1. The second kappa shape index (κ2) is 5.56. The Labute approximate surface area is 132 Å². The highest BCUT2D eigenvalue weighted by molar-refractivity contribution is 9.10. The number of halogens is 1. The van der Waals surface area contributed by atoms with Gasteiger partial charge in [0.1, 0.15) is 5.82 Å². The summed E-state index contributed by atoms with van der Waals surface area (Å²) >= 11 is 3.31. The van der Waals surface area contributed by atoms with Crippen LogP contribution in [0.5, 0.6) is 0 Å². The van der Waals surface area contributed by atoms with E-state index >= 15 is 0 Å². The van der Waals surface area contributed by atoms with E-state index in [2.05, 4.69) is 31.2 Å². The molecule has 1 saturated carbocycles. The molecule has 1 amide bonds. The van der Waals surface area contributed by atoms with Crippen LogP contribution in [0.15, 0.2) is 47.2 Å². The molecule has 108 valence electrons. The fourth-order valence-corrected chi connectivity index (χ4v) is 2.68. The van der Waals surface area contributed by atoms with Gasteiger partial charge in [0.15, 0.2) is 0 Å². The molecule has 1 heterocycles. The molecule has 0 aliphatic heterocycles. The molecule has 3 rings (SSSR count). The Hall–Kier alpha value is -1.75. The van der Waals surface area contributed by atoms with Gasteiger partial charge < -0.3 is 5.32 Å². The van der Waals surface area contributed by atoms with Crippen LogP contribution in [0.4, 0.5) is 0 Å². The lowest BCUT2D eigenvalue weighted by Crippen LogP contribution is -2.36. The van der Waals surface area contributed by atoms with Crippen molar-refractivity contribution in [2.45, 2.75) is 31.2 Å². The second-order valence-corrected chi connectivity index (χ2v) is 6.32. The number of hydrogen-bond acceptors (Lipinski definition) is 3. The summed E-state index contributed by atoms with van der Waals surface area (Å²) in [6.45, 7) is 1.90. The Kier molecular flexibility index (Phi) is 3.76. The molecular weight excluding hydrogens is 330 g/mol. The third kappa shape index (κ3) is 2.83. The van der Waals surface area contributed by atoms with Crippen molar-refractivity contribution < 1.29 is 4.79 Å². The van der Waals surface area contributed by atoms with Gasteiger partial charge in [-0.05, 0) is 41.3 Å². The van der Waals surface area contributed by atoms with E-state index in [0.717, 1.165) is 22.9 Å². The van der Waals surface area contributed by atoms with Gasteiger partial charge in [0.25, 0.3) is 0 Å². The van der Waals surface area contributed by atoms with Crippen LogP contribution in [0.1, 0.15) is 37.2 Å². The first kappa shape index (κ1) is 14.2. The van der Waals surface area contributed by atoms with Gasteiger partial charge in [0.05, 0.1) is 15.9 Å². The van der Waals surface area contributed by atoms with Gasteiger partial charge in [-0.15, -0.1) is 0 Å². The number of hydrogen-bond donors (Lipinski definition) is 1. The SMILES string of the molecule is C[C@@H](NC(=O)C1(c2ccccc2)CC1)c1ncc(Br)cn1. The van der Waals surface area contributed by atoms with Crippen molar-refractivity contribution in [3.8, 4) is 0 Å². The van der Waals surface area contributed by atoms with E-state index in [4.69, 9.17) is 0 Å². The number of aromatic nitrogens is 2. The molecule has 1 aromatic carbocycles. The Bertz CT molecular complexity index is 638. The average Bonchev–Trinajstić information content (AvgIpc) is 3.30. The number of carbonyl (C=O) groups excluding carboxylic acids is 1. The van der Waals surface area contributed by atoms with Gasteiger partial charge in [0.2, 0.25) is 5.91 Å². The largest absolute Gasteiger partial charge is 0.346 e. The zero-order valence-electron chi connectivity index (χ0n) is 11.7. The zero-order chi connectivity index (χ0) is 14.9. The van der Waals surface area contributed by atoms with Crippen LogP contribution in [-0.2, 0) is 10.2 Å². The molecule has 5 heteroatoms. The fourth-order valence-electron chi connectivity index (χ4n) is 2.47. The average molecular weight is 346 g/mol. The summed E-state index contributed by atoms with van der Waals surface area (Å²) in [6.07, 6.45) is 5.18. The topological polar surface area (TPSA) is 54.9 Å². The van der Waals surface area contributed by atoms with Gasteiger partial charge in [-0.25, -0.2) is 9.97 Å². The minimum absolute atomic E-state index is 0.0627. The van der Waals surface area contributed by atoms with Gasteiger partial charge >= 0.3 is 0 Å². The standard InChI is InChI=1S/C16H16BrN3O/c1-11(14-18-9-13(17)10-19-14)20-15(21)16(7-8-16)12-5-3-2-4-6-12/h2-6,9-11H,7-8H2,1H3,(H,20,21)/t11-/m1/s1. The number of nitrogens with zero attached hydrogens (tertiary/aromatic N) is 2. The highest BCUT2D eigenvalue weighted by atomic mass is 79.9. The van der Waals surface area contributed by atoms with Crippen molar-refractivity contribution in [1.82, 2.24) is 15.3 Å². The number of benzene rings is 1. The lowest BCUT2D eigenvalue weighted by molar-refractivity contribution is -0.124. The number of rotatable bonds is 4. The van der Waals surface area contributed by atoms with Crippen LogP contribution in [0.2, 0.25) is 0 Å². The fraction of sp³-hybridized carbons (Fsp3) is 0.312. The van der Waals surface area contributed by atoms with E-state index in [1.165, 1.54) is 0 Å². The van der Waals surface area contributed by atoms with E-state index in [1.807, 2.05) is 37.3 Å². The minimum Gasteiger partial charge on any atom is -0.346 e. The maximum absolute atomic E-state index is 12.6. The molecule has 0 spiro atoms. The normalized spacial score (nSPS) is 17.0. The molecule has 21 heavy (non-hydrogen) atoms. The van der Waals surface area contributed by atoms with Crippen LogP contribution in [-0.4, -0.2) is 15.9 Å². The maximum atomic E-state index is 12.6.